The molecule has 1 saturated heterocycles. The first-order chi connectivity index (χ1) is 13.4. The molecular formula is C20H18N2O6. The number of hydrogen-bond acceptors (Lipinski definition) is 5. The molecule has 0 aliphatic carbocycles. The Morgan fingerprint density at radius 3 is 2.54 bits per heavy atom. The fourth-order valence-corrected chi connectivity index (χ4v) is 3.88. The Labute approximate surface area is 160 Å². The van der Waals surface area contributed by atoms with E-state index in [2.05, 4.69) is 5.32 Å². The average molecular weight is 382 g/mol. The van der Waals surface area contributed by atoms with E-state index >= 15 is 0 Å². The Bertz CT molecular complexity index is 975. The number of rotatable bonds is 5. The number of aliphatic hydroxyl groups excluding tert-OH is 1. The molecule has 0 radical (unpaired) electrons. The summed E-state index contributed by atoms with van der Waals surface area (Å²) in [6.07, 6.45) is 0.937. The van der Waals surface area contributed by atoms with Gasteiger partial charge in [0.05, 0.1) is 24.3 Å². The van der Waals surface area contributed by atoms with E-state index in [0.717, 1.165) is 0 Å². The predicted molar refractivity (Wildman–Crippen MR) is 98.1 cm³/mol. The number of aliphatic hydroxyl groups is 1. The SMILES string of the molecule is C[C@@H](O)[C@H]1C(=O)N2C(C(=O)O)=C(c3ccc(NC(=O)c4ccco4)cc3)C[C@H]12. The van der Waals surface area contributed by atoms with Crippen molar-refractivity contribution in [3.63, 3.8) is 0 Å². The largest absolute Gasteiger partial charge is 0.477 e. The molecule has 2 aliphatic rings. The molecule has 2 amide bonds. The van der Waals surface area contributed by atoms with Gasteiger partial charge in [-0.25, -0.2) is 4.79 Å². The van der Waals surface area contributed by atoms with Gasteiger partial charge in [-0.3, -0.25) is 9.59 Å². The zero-order valence-electron chi connectivity index (χ0n) is 15.0. The first-order valence-electron chi connectivity index (χ1n) is 8.81. The van der Waals surface area contributed by atoms with Crippen molar-refractivity contribution in [2.45, 2.75) is 25.5 Å². The molecule has 28 heavy (non-hydrogen) atoms. The van der Waals surface area contributed by atoms with E-state index in [4.69, 9.17) is 4.42 Å². The van der Waals surface area contributed by atoms with Crippen LogP contribution in [0.4, 0.5) is 5.69 Å². The summed E-state index contributed by atoms with van der Waals surface area (Å²) >= 11 is 0. The summed E-state index contributed by atoms with van der Waals surface area (Å²) in [7, 11) is 0. The molecule has 144 valence electrons. The standard InChI is InChI=1S/C20H18N2O6/c1-10(23)16-14-9-13(17(20(26)27)22(14)19(16)25)11-4-6-12(7-5-11)21-18(24)15-3-2-8-28-15/h2-8,10,14,16,23H,9H2,1H3,(H,21,24)(H,26,27)/t10-,14-,16-/m1/s1. The molecule has 0 saturated carbocycles. The molecule has 8 heteroatoms. The Balaban J connectivity index is 1.58. The van der Waals surface area contributed by atoms with E-state index in [1.807, 2.05) is 0 Å². The quantitative estimate of drug-likeness (QED) is 0.680. The van der Waals surface area contributed by atoms with Crippen LogP contribution in [-0.2, 0) is 9.59 Å². The average Bonchev–Trinajstić information content (AvgIpc) is 3.28. The van der Waals surface area contributed by atoms with Crippen LogP contribution >= 0.6 is 0 Å². The van der Waals surface area contributed by atoms with E-state index in [0.29, 0.717) is 23.2 Å². The number of amides is 2. The van der Waals surface area contributed by atoms with Gasteiger partial charge in [-0.05, 0) is 48.7 Å². The third kappa shape index (κ3) is 2.78. The number of carbonyl (C=O) groups is 3. The topological polar surface area (TPSA) is 120 Å². The number of β-lactam (4-membered cyclic amide) rings is 1. The maximum Gasteiger partial charge on any atom is 0.352 e. The first kappa shape index (κ1) is 18.0. The maximum absolute atomic E-state index is 12.3. The highest BCUT2D eigenvalue weighted by Crippen LogP contribution is 2.46. The Hall–Kier alpha value is -3.39. The molecule has 0 bridgehead atoms. The number of benzene rings is 1. The number of nitrogens with one attached hydrogen (secondary N) is 1. The minimum absolute atomic E-state index is 0.0423. The number of anilines is 1. The van der Waals surface area contributed by atoms with Gasteiger partial charge in [0, 0.05) is 5.69 Å². The lowest BCUT2D eigenvalue weighted by atomic mass is 9.82. The molecule has 3 N–H and O–H groups in total. The second-order valence-electron chi connectivity index (χ2n) is 6.89. The van der Waals surface area contributed by atoms with Crippen molar-refractivity contribution in [1.29, 1.82) is 0 Å². The zero-order valence-corrected chi connectivity index (χ0v) is 15.0. The van der Waals surface area contributed by atoms with Gasteiger partial charge in [-0.15, -0.1) is 0 Å². The minimum Gasteiger partial charge on any atom is -0.477 e. The monoisotopic (exact) mass is 382 g/mol. The predicted octanol–water partition coefficient (Wildman–Crippen LogP) is 1.94. The Kier molecular flexibility index (Phi) is 4.27. The molecule has 3 heterocycles. The van der Waals surface area contributed by atoms with Crippen LogP contribution in [0.15, 0.2) is 52.8 Å². The summed E-state index contributed by atoms with van der Waals surface area (Å²) in [5, 5.41) is 22.1. The fraction of sp³-hybridized carbons (Fsp3) is 0.250. The number of aliphatic carboxylic acids is 1. The smallest absolute Gasteiger partial charge is 0.352 e. The lowest BCUT2D eigenvalue weighted by Gasteiger charge is -2.44. The fourth-order valence-electron chi connectivity index (χ4n) is 3.88. The summed E-state index contributed by atoms with van der Waals surface area (Å²) < 4.78 is 5.04. The number of carboxylic acids is 1. The third-order valence-electron chi connectivity index (χ3n) is 5.17. The highest BCUT2D eigenvalue weighted by Gasteiger charge is 2.56. The van der Waals surface area contributed by atoms with Crippen molar-refractivity contribution in [2.75, 3.05) is 5.32 Å². The van der Waals surface area contributed by atoms with Gasteiger partial charge in [-0.1, -0.05) is 12.1 Å². The number of carbonyl (C=O) groups excluding carboxylic acids is 2. The summed E-state index contributed by atoms with van der Waals surface area (Å²) in [6, 6.07) is 9.54. The molecule has 1 aromatic carbocycles. The number of furan rings is 1. The molecule has 2 aliphatic heterocycles. The minimum atomic E-state index is -1.18. The summed E-state index contributed by atoms with van der Waals surface area (Å²) in [5.41, 5.74) is 1.68. The lowest BCUT2D eigenvalue weighted by molar-refractivity contribution is -0.161. The van der Waals surface area contributed by atoms with Gasteiger partial charge in [-0.2, -0.15) is 0 Å². The van der Waals surface area contributed by atoms with Crippen LogP contribution in [0.1, 0.15) is 29.5 Å². The first-order valence-corrected chi connectivity index (χ1v) is 8.81. The highest BCUT2D eigenvalue weighted by atomic mass is 16.4. The normalized spacial score (nSPS) is 21.9. The third-order valence-corrected chi connectivity index (χ3v) is 5.17. The van der Waals surface area contributed by atoms with Crippen LogP contribution in [0.2, 0.25) is 0 Å². The van der Waals surface area contributed by atoms with Crippen molar-refractivity contribution < 1.29 is 29.0 Å². The molecule has 8 nitrogen and oxygen atoms in total. The van der Waals surface area contributed by atoms with Crippen molar-refractivity contribution in [2.24, 2.45) is 5.92 Å². The molecule has 0 unspecified atom stereocenters. The number of hydrogen-bond donors (Lipinski definition) is 3. The molecule has 2 aromatic rings. The highest BCUT2D eigenvalue weighted by molar-refractivity contribution is 6.06. The number of nitrogens with zero attached hydrogens (tertiary/aromatic N) is 1. The molecular weight excluding hydrogens is 364 g/mol. The van der Waals surface area contributed by atoms with Crippen molar-refractivity contribution in [1.82, 2.24) is 4.90 Å². The van der Waals surface area contributed by atoms with Gasteiger partial charge >= 0.3 is 5.97 Å². The Morgan fingerprint density at radius 1 is 1.25 bits per heavy atom. The van der Waals surface area contributed by atoms with Gasteiger partial charge in [0.25, 0.3) is 5.91 Å². The van der Waals surface area contributed by atoms with E-state index in [9.17, 15) is 24.6 Å². The van der Waals surface area contributed by atoms with Crippen molar-refractivity contribution in [3.8, 4) is 0 Å². The molecule has 1 fully saturated rings. The molecule has 4 rings (SSSR count). The second kappa shape index (κ2) is 6.65. The van der Waals surface area contributed by atoms with E-state index < -0.39 is 23.9 Å². The van der Waals surface area contributed by atoms with Crippen LogP contribution in [-0.4, -0.2) is 45.0 Å². The number of fused-ring (bicyclic) bond motifs is 1. The maximum atomic E-state index is 12.3. The summed E-state index contributed by atoms with van der Waals surface area (Å²) in [6.45, 7) is 1.54. The van der Waals surface area contributed by atoms with Gasteiger partial charge < -0.3 is 24.8 Å². The molecule has 3 atom stereocenters. The molecule has 1 aromatic heterocycles. The van der Waals surface area contributed by atoms with E-state index in [-0.39, 0.29) is 23.4 Å². The van der Waals surface area contributed by atoms with Crippen molar-refractivity contribution >= 4 is 29.0 Å². The van der Waals surface area contributed by atoms with E-state index in [1.54, 1.807) is 36.4 Å². The lowest BCUT2D eigenvalue weighted by Crippen LogP contribution is -2.61. The van der Waals surface area contributed by atoms with Crippen molar-refractivity contribution in [3.05, 3.63) is 59.7 Å². The van der Waals surface area contributed by atoms with Crippen LogP contribution in [0.3, 0.4) is 0 Å². The van der Waals surface area contributed by atoms with E-state index in [1.165, 1.54) is 18.1 Å². The van der Waals surface area contributed by atoms with Gasteiger partial charge in [0.15, 0.2) is 5.76 Å². The van der Waals surface area contributed by atoms with Gasteiger partial charge in [0.2, 0.25) is 5.91 Å². The van der Waals surface area contributed by atoms with Crippen LogP contribution < -0.4 is 5.32 Å². The van der Waals surface area contributed by atoms with Crippen LogP contribution in [0.25, 0.3) is 5.57 Å². The Morgan fingerprint density at radius 2 is 1.96 bits per heavy atom. The summed E-state index contributed by atoms with van der Waals surface area (Å²) in [5.74, 6) is -2.33. The number of carboxylic acid groups (broad SMARTS) is 1. The second-order valence-corrected chi connectivity index (χ2v) is 6.89. The molecule has 0 spiro atoms. The van der Waals surface area contributed by atoms with Crippen LogP contribution in [0, 0.1) is 5.92 Å². The summed E-state index contributed by atoms with van der Waals surface area (Å²) in [4.78, 5) is 37.3. The van der Waals surface area contributed by atoms with Gasteiger partial charge in [0.1, 0.15) is 5.70 Å². The van der Waals surface area contributed by atoms with Crippen LogP contribution in [0.5, 0.6) is 0 Å². The zero-order chi connectivity index (χ0) is 20.0.